The Morgan fingerprint density at radius 1 is 0.848 bits per heavy atom. The van der Waals surface area contributed by atoms with Crippen LogP contribution in [0.3, 0.4) is 0 Å². The van der Waals surface area contributed by atoms with E-state index in [1.165, 1.54) is 14.2 Å². The minimum Gasteiger partial charge on any atom is -0.486 e. The molecule has 0 radical (unpaired) electrons. The van der Waals surface area contributed by atoms with Gasteiger partial charge in [0.05, 0.1) is 19.8 Å². The van der Waals surface area contributed by atoms with Crippen molar-refractivity contribution in [1.82, 2.24) is 4.98 Å². The lowest BCUT2D eigenvalue weighted by Crippen LogP contribution is -2.08. The summed E-state index contributed by atoms with van der Waals surface area (Å²) in [6.45, 7) is 2.17. The SMILES string of the molecule is COC(=O)c1ccc(-c2cc(C(=O)OC)c(OCc3ccccc3)c3nc(C)ccc23)cc1. The van der Waals surface area contributed by atoms with Gasteiger partial charge in [0, 0.05) is 11.1 Å². The number of carbonyl (C=O) groups excluding carboxylic acids is 2. The molecular weight excluding hydrogens is 418 g/mol. The van der Waals surface area contributed by atoms with E-state index in [0.717, 1.165) is 27.8 Å². The molecule has 0 aliphatic heterocycles. The molecule has 0 saturated heterocycles. The zero-order chi connectivity index (χ0) is 23.4. The molecule has 0 bridgehead atoms. The van der Waals surface area contributed by atoms with Crippen LogP contribution < -0.4 is 4.74 Å². The van der Waals surface area contributed by atoms with Gasteiger partial charge in [0.25, 0.3) is 0 Å². The molecule has 0 atom stereocenters. The minimum absolute atomic E-state index is 0.280. The van der Waals surface area contributed by atoms with Crippen LogP contribution >= 0.6 is 0 Å². The van der Waals surface area contributed by atoms with Gasteiger partial charge in [0.15, 0.2) is 5.75 Å². The topological polar surface area (TPSA) is 74.7 Å². The molecule has 1 aromatic heterocycles. The lowest BCUT2D eigenvalue weighted by atomic mass is 9.96. The first-order chi connectivity index (χ1) is 16.0. The lowest BCUT2D eigenvalue weighted by Gasteiger charge is -2.17. The maximum absolute atomic E-state index is 12.7. The number of pyridine rings is 1. The fourth-order valence-corrected chi connectivity index (χ4v) is 3.64. The lowest BCUT2D eigenvalue weighted by molar-refractivity contribution is 0.0589. The van der Waals surface area contributed by atoms with Crippen molar-refractivity contribution in [2.24, 2.45) is 0 Å². The van der Waals surface area contributed by atoms with Gasteiger partial charge in [-0.05, 0) is 47.9 Å². The van der Waals surface area contributed by atoms with E-state index in [4.69, 9.17) is 19.2 Å². The van der Waals surface area contributed by atoms with E-state index in [-0.39, 0.29) is 12.2 Å². The van der Waals surface area contributed by atoms with Crippen molar-refractivity contribution in [3.63, 3.8) is 0 Å². The number of carbonyl (C=O) groups is 2. The van der Waals surface area contributed by atoms with E-state index in [9.17, 15) is 9.59 Å². The van der Waals surface area contributed by atoms with Gasteiger partial charge >= 0.3 is 11.9 Å². The first-order valence-electron chi connectivity index (χ1n) is 10.4. The molecule has 33 heavy (non-hydrogen) atoms. The van der Waals surface area contributed by atoms with Crippen molar-refractivity contribution < 1.29 is 23.8 Å². The Kier molecular flexibility index (Phi) is 6.36. The number of hydrogen-bond acceptors (Lipinski definition) is 6. The molecule has 0 aliphatic carbocycles. The second-order valence-corrected chi connectivity index (χ2v) is 7.48. The molecule has 6 heteroatoms. The number of fused-ring (bicyclic) bond motifs is 1. The van der Waals surface area contributed by atoms with Crippen molar-refractivity contribution in [3.05, 3.63) is 95.2 Å². The van der Waals surface area contributed by atoms with Gasteiger partial charge in [-0.3, -0.25) is 0 Å². The fourth-order valence-electron chi connectivity index (χ4n) is 3.64. The van der Waals surface area contributed by atoms with Crippen LogP contribution in [-0.4, -0.2) is 31.1 Å². The quantitative estimate of drug-likeness (QED) is 0.375. The molecule has 1 heterocycles. The molecule has 166 valence electrons. The predicted octanol–water partition coefficient (Wildman–Crippen LogP) is 5.36. The van der Waals surface area contributed by atoms with E-state index in [0.29, 0.717) is 16.8 Å². The summed E-state index contributed by atoms with van der Waals surface area (Å²) in [6.07, 6.45) is 0. The average molecular weight is 441 g/mol. The van der Waals surface area contributed by atoms with Gasteiger partial charge in [0.1, 0.15) is 17.7 Å². The van der Waals surface area contributed by atoms with E-state index < -0.39 is 11.9 Å². The van der Waals surface area contributed by atoms with Crippen molar-refractivity contribution in [2.45, 2.75) is 13.5 Å². The fraction of sp³-hybridized carbons (Fsp3) is 0.148. The third kappa shape index (κ3) is 4.55. The highest BCUT2D eigenvalue weighted by Crippen LogP contribution is 2.38. The number of esters is 2. The van der Waals surface area contributed by atoms with Gasteiger partial charge < -0.3 is 14.2 Å². The predicted molar refractivity (Wildman–Crippen MR) is 125 cm³/mol. The number of methoxy groups -OCH3 is 2. The number of hydrogen-bond donors (Lipinski definition) is 0. The van der Waals surface area contributed by atoms with Crippen LogP contribution in [0.1, 0.15) is 32.0 Å². The first-order valence-corrected chi connectivity index (χ1v) is 10.4. The van der Waals surface area contributed by atoms with E-state index >= 15 is 0 Å². The second-order valence-electron chi connectivity index (χ2n) is 7.48. The number of nitrogens with zero attached hydrogens (tertiary/aromatic N) is 1. The number of rotatable bonds is 6. The summed E-state index contributed by atoms with van der Waals surface area (Å²) in [5, 5.41) is 0.821. The average Bonchev–Trinajstić information content (AvgIpc) is 2.86. The van der Waals surface area contributed by atoms with Crippen LogP contribution in [0.25, 0.3) is 22.0 Å². The first kappa shape index (κ1) is 22.0. The summed E-state index contributed by atoms with van der Waals surface area (Å²) in [6, 6.07) is 22.3. The van der Waals surface area contributed by atoms with Crippen molar-refractivity contribution in [1.29, 1.82) is 0 Å². The summed E-state index contributed by atoms with van der Waals surface area (Å²) in [7, 11) is 2.68. The maximum Gasteiger partial charge on any atom is 0.341 e. The number of aromatic nitrogens is 1. The smallest absolute Gasteiger partial charge is 0.341 e. The van der Waals surface area contributed by atoms with Gasteiger partial charge in [-0.25, -0.2) is 14.6 Å². The Morgan fingerprint density at radius 2 is 1.55 bits per heavy atom. The molecule has 6 nitrogen and oxygen atoms in total. The summed E-state index contributed by atoms with van der Waals surface area (Å²) >= 11 is 0. The highest BCUT2D eigenvalue weighted by Gasteiger charge is 2.22. The standard InChI is InChI=1S/C27H23NO5/c1-17-9-14-21-22(19-10-12-20(13-11-19)26(29)31-2)15-23(27(30)32-3)25(24(21)28-17)33-16-18-7-5-4-6-8-18/h4-15H,16H2,1-3H3. The second kappa shape index (κ2) is 9.53. The van der Waals surface area contributed by atoms with Crippen molar-refractivity contribution in [3.8, 4) is 16.9 Å². The molecule has 4 rings (SSSR count). The summed E-state index contributed by atoms with van der Waals surface area (Å²) in [5.74, 6) is -0.557. The van der Waals surface area contributed by atoms with Gasteiger partial charge in [-0.2, -0.15) is 0 Å². The molecule has 3 aromatic carbocycles. The third-order valence-corrected chi connectivity index (χ3v) is 5.32. The van der Waals surface area contributed by atoms with Crippen LogP contribution in [0.2, 0.25) is 0 Å². The Labute approximate surface area is 191 Å². The molecule has 0 amide bonds. The minimum atomic E-state index is -0.518. The van der Waals surface area contributed by atoms with Crippen LogP contribution in [0, 0.1) is 6.92 Å². The molecule has 0 spiro atoms. The Bertz CT molecular complexity index is 1310. The zero-order valence-corrected chi connectivity index (χ0v) is 18.6. The maximum atomic E-state index is 12.7. The highest BCUT2D eigenvalue weighted by molar-refractivity contribution is 6.06. The van der Waals surface area contributed by atoms with Crippen LogP contribution in [0.5, 0.6) is 5.75 Å². The monoisotopic (exact) mass is 441 g/mol. The molecule has 0 N–H and O–H groups in total. The molecular formula is C27H23NO5. The summed E-state index contributed by atoms with van der Waals surface area (Å²) < 4.78 is 16.0. The van der Waals surface area contributed by atoms with E-state index in [1.807, 2.05) is 61.5 Å². The van der Waals surface area contributed by atoms with Crippen molar-refractivity contribution in [2.75, 3.05) is 14.2 Å². The van der Waals surface area contributed by atoms with E-state index in [2.05, 4.69) is 0 Å². The third-order valence-electron chi connectivity index (χ3n) is 5.32. The normalized spacial score (nSPS) is 10.6. The van der Waals surface area contributed by atoms with Crippen LogP contribution in [0.4, 0.5) is 0 Å². The molecule has 0 aliphatic rings. The zero-order valence-electron chi connectivity index (χ0n) is 18.6. The number of aryl methyl sites for hydroxylation is 1. The Balaban J connectivity index is 1.88. The Hall–Kier alpha value is -4.19. The number of benzene rings is 3. The van der Waals surface area contributed by atoms with Crippen LogP contribution in [-0.2, 0) is 16.1 Å². The molecule has 0 fully saturated rings. The summed E-state index contributed by atoms with van der Waals surface area (Å²) in [5.41, 5.74) is 4.65. The van der Waals surface area contributed by atoms with Gasteiger partial charge in [0.2, 0.25) is 0 Å². The van der Waals surface area contributed by atoms with Crippen LogP contribution in [0.15, 0.2) is 72.8 Å². The molecule has 0 unspecified atom stereocenters. The van der Waals surface area contributed by atoms with Gasteiger partial charge in [-0.15, -0.1) is 0 Å². The molecule has 0 saturated carbocycles. The highest BCUT2D eigenvalue weighted by atomic mass is 16.5. The largest absolute Gasteiger partial charge is 0.486 e. The van der Waals surface area contributed by atoms with E-state index in [1.54, 1.807) is 18.2 Å². The number of ether oxygens (including phenoxy) is 3. The van der Waals surface area contributed by atoms with Gasteiger partial charge in [-0.1, -0.05) is 48.5 Å². The summed E-state index contributed by atoms with van der Waals surface area (Å²) in [4.78, 5) is 29.3. The Morgan fingerprint density at radius 3 is 2.21 bits per heavy atom. The van der Waals surface area contributed by atoms with Crippen molar-refractivity contribution >= 4 is 22.8 Å². The molecule has 4 aromatic rings.